The average molecular weight is 242 g/mol. The Labute approximate surface area is 110 Å². The van der Waals surface area contributed by atoms with Gasteiger partial charge < -0.3 is 10.2 Å². The molecule has 1 unspecified atom stereocenters. The molecule has 2 rings (SSSR count). The molecule has 1 N–H and O–H groups in total. The number of likely N-dealkylation sites (tertiary alicyclic amines) is 1. The summed E-state index contributed by atoms with van der Waals surface area (Å²) >= 11 is 0. The maximum absolute atomic E-state index is 5.40. The molecular formula is C16H22N2. The number of nitrogens with zero attached hydrogens (tertiary/aromatic N) is 1. The maximum atomic E-state index is 5.40. The third-order valence-electron chi connectivity index (χ3n) is 3.76. The lowest BCUT2D eigenvalue weighted by Crippen LogP contribution is -2.37. The van der Waals surface area contributed by atoms with Crippen molar-refractivity contribution in [2.45, 2.75) is 31.7 Å². The fourth-order valence-corrected chi connectivity index (χ4v) is 2.61. The quantitative estimate of drug-likeness (QED) is 0.817. The van der Waals surface area contributed by atoms with Crippen LogP contribution in [0.2, 0.25) is 0 Å². The van der Waals surface area contributed by atoms with Crippen molar-refractivity contribution in [2.75, 3.05) is 25.5 Å². The summed E-state index contributed by atoms with van der Waals surface area (Å²) in [6, 6.07) is 8.81. The first kappa shape index (κ1) is 13.0. The van der Waals surface area contributed by atoms with Gasteiger partial charge in [-0.15, -0.1) is 6.42 Å². The van der Waals surface area contributed by atoms with Crippen LogP contribution in [0.5, 0.6) is 0 Å². The molecule has 0 saturated carbocycles. The molecule has 0 bridgehead atoms. The minimum Gasteiger partial charge on any atom is -0.385 e. The summed E-state index contributed by atoms with van der Waals surface area (Å²) in [5.41, 5.74) is 2.07. The van der Waals surface area contributed by atoms with Crippen LogP contribution in [-0.4, -0.2) is 31.1 Å². The predicted octanol–water partition coefficient (Wildman–Crippen LogP) is 2.95. The van der Waals surface area contributed by atoms with Gasteiger partial charge in [-0.25, -0.2) is 0 Å². The van der Waals surface area contributed by atoms with E-state index in [1.807, 2.05) is 18.2 Å². The van der Waals surface area contributed by atoms with Gasteiger partial charge in [-0.2, -0.15) is 0 Å². The number of hydrogen-bond acceptors (Lipinski definition) is 2. The summed E-state index contributed by atoms with van der Waals surface area (Å²) < 4.78 is 0. The number of piperidine rings is 1. The van der Waals surface area contributed by atoms with Crippen molar-refractivity contribution < 1.29 is 0 Å². The summed E-state index contributed by atoms with van der Waals surface area (Å²) in [5, 5.41) is 3.46. The van der Waals surface area contributed by atoms with Gasteiger partial charge in [-0.1, -0.05) is 18.4 Å². The molecule has 1 aliphatic rings. The normalized spacial score (nSPS) is 20.3. The number of terminal acetylenes is 1. The Balaban J connectivity index is 1.79. The van der Waals surface area contributed by atoms with E-state index < -0.39 is 0 Å². The monoisotopic (exact) mass is 242 g/mol. The second-order valence-electron chi connectivity index (χ2n) is 5.07. The van der Waals surface area contributed by atoms with Crippen LogP contribution in [0.25, 0.3) is 0 Å². The summed E-state index contributed by atoms with van der Waals surface area (Å²) in [7, 11) is 2.24. The van der Waals surface area contributed by atoms with Crippen LogP contribution in [0.4, 0.5) is 5.69 Å². The molecular weight excluding hydrogens is 220 g/mol. The number of benzene rings is 1. The molecule has 0 radical (unpaired) electrons. The lowest BCUT2D eigenvalue weighted by atomic mass is 10.0. The van der Waals surface area contributed by atoms with Gasteiger partial charge in [0, 0.05) is 23.8 Å². The largest absolute Gasteiger partial charge is 0.385 e. The molecule has 1 aromatic carbocycles. The van der Waals surface area contributed by atoms with Crippen molar-refractivity contribution >= 4 is 5.69 Å². The molecule has 2 nitrogen and oxygen atoms in total. The fourth-order valence-electron chi connectivity index (χ4n) is 2.61. The Morgan fingerprint density at radius 1 is 1.44 bits per heavy atom. The zero-order valence-electron chi connectivity index (χ0n) is 11.2. The topological polar surface area (TPSA) is 15.3 Å². The first-order valence-electron chi connectivity index (χ1n) is 6.80. The van der Waals surface area contributed by atoms with Crippen LogP contribution in [0, 0.1) is 12.3 Å². The van der Waals surface area contributed by atoms with Crippen LogP contribution in [0.3, 0.4) is 0 Å². The van der Waals surface area contributed by atoms with E-state index in [1.165, 1.54) is 32.2 Å². The lowest BCUT2D eigenvalue weighted by Gasteiger charge is -2.32. The predicted molar refractivity (Wildman–Crippen MR) is 77.8 cm³/mol. The average Bonchev–Trinajstić information content (AvgIpc) is 2.41. The van der Waals surface area contributed by atoms with Gasteiger partial charge in [0.25, 0.3) is 0 Å². The van der Waals surface area contributed by atoms with Crippen LogP contribution in [-0.2, 0) is 0 Å². The Kier molecular flexibility index (Phi) is 4.66. The Bertz CT molecular complexity index is 419. The molecule has 1 atom stereocenters. The first-order valence-corrected chi connectivity index (χ1v) is 6.80. The van der Waals surface area contributed by atoms with Crippen molar-refractivity contribution in [2.24, 2.45) is 0 Å². The minimum atomic E-state index is 0.738. The van der Waals surface area contributed by atoms with E-state index in [0.717, 1.165) is 23.8 Å². The molecule has 0 amide bonds. The molecule has 0 spiro atoms. The number of hydrogen-bond donors (Lipinski definition) is 1. The van der Waals surface area contributed by atoms with Gasteiger partial charge >= 0.3 is 0 Å². The Morgan fingerprint density at radius 2 is 2.33 bits per heavy atom. The summed E-state index contributed by atoms with van der Waals surface area (Å²) in [5.74, 6) is 2.67. The van der Waals surface area contributed by atoms with E-state index in [0.29, 0.717) is 0 Å². The van der Waals surface area contributed by atoms with E-state index in [2.05, 4.69) is 29.3 Å². The van der Waals surface area contributed by atoms with Gasteiger partial charge in [-0.3, -0.25) is 0 Å². The molecule has 18 heavy (non-hydrogen) atoms. The molecule has 2 heteroatoms. The zero-order valence-corrected chi connectivity index (χ0v) is 11.2. The number of rotatable bonds is 4. The standard InChI is InChI=1S/C16H22N2/c1-3-14-7-6-8-15(13-14)17-11-10-16-9-4-5-12-18(16)2/h1,6-8,13,16-17H,4-5,9-12H2,2H3. The first-order chi connectivity index (χ1) is 8.79. The van der Waals surface area contributed by atoms with E-state index in [1.54, 1.807) is 0 Å². The lowest BCUT2D eigenvalue weighted by molar-refractivity contribution is 0.179. The van der Waals surface area contributed by atoms with Crippen molar-refractivity contribution in [3.63, 3.8) is 0 Å². The second kappa shape index (κ2) is 6.47. The molecule has 1 saturated heterocycles. The maximum Gasteiger partial charge on any atom is 0.0352 e. The zero-order chi connectivity index (χ0) is 12.8. The molecule has 0 aromatic heterocycles. The van der Waals surface area contributed by atoms with E-state index in [4.69, 9.17) is 6.42 Å². The van der Waals surface area contributed by atoms with E-state index >= 15 is 0 Å². The van der Waals surface area contributed by atoms with Gasteiger partial charge in [0.15, 0.2) is 0 Å². The number of anilines is 1. The van der Waals surface area contributed by atoms with Gasteiger partial charge in [0.2, 0.25) is 0 Å². The highest BCUT2D eigenvalue weighted by Gasteiger charge is 2.17. The third kappa shape index (κ3) is 3.51. The second-order valence-corrected chi connectivity index (χ2v) is 5.07. The molecule has 0 aliphatic carbocycles. The van der Waals surface area contributed by atoms with Crippen molar-refractivity contribution in [3.8, 4) is 12.3 Å². The molecule has 1 aromatic rings. The van der Waals surface area contributed by atoms with Gasteiger partial charge in [-0.05, 0) is 51.1 Å². The smallest absolute Gasteiger partial charge is 0.0352 e. The fraction of sp³-hybridized carbons (Fsp3) is 0.500. The van der Waals surface area contributed by atoms with Crippen molar-refractivity contribution in [1.82, 2.24) is 4.90 Å². The highest BCUT2D eigenvalue weighted by atomic mass is 15.1. The molecule has 1 fully saturated rings. The van der Waals surface area contributed by atoms with E-state index in [9.17, 15) is 0 Å². The van der Waals surface area contributed by atoms with Crippen LogP contribution < -0.4 is 5.32 Å². The Hall–Kier alpha value is -1.46. The SMILES string of the molecule is C#Cc1cccc(NCCC2CCCCN2C)c1. The summed E-state index contributed by atoms with van der Waals surface area (Å²) in [6.45, 7) is 2.26. The summed E-state index contributed by atoms with van der Waals surface area (Å²) in [6.07, 6.45) is 10.7. The molecule has 1 heterocycles. The summed E-state index contributed by atoms with van der Waals surface area (Å²) in [4.78, 5) is 2.49. The highest BCUT2D eigenvalue weighted by molar-refractivity contribution is 5.49. The highest BCUT2D eigenvalue weighted by Crippen LogP contribution is 2.18. The van der Waals surface area contributed by atoms with Gasteiger partial charge in [0.1, 0.15) is 0 Å². The minimum absolute atomic E-state index is 0.738. The van der Waals surface area contributed by atoms with Crippen LogP contribution in [0.1, 0.15) is 31.2 Å². The van der Waals surface area contributed by atoms with Crippen molar-refractivity contribution in [1.29, 1.82) is 0 Å². The number of nitrogens with one attached hydrogen (secondary N) is 1. The van der Waals surface area contributed by atoms with Crippen LogP contribution in [0.15, 0.2) is 24.3 Å². The molecule has 96 valence electrons. The van der Waals surface area contributed by atoms with Crippen LogP contribution >= 0.6 is 0 Å². The molecule has 1 aliphatic heterocycles. The third-order valence-corrected chi connectivity index (χ3v) is 3.76. The van der Waals surface area contributed by atoms with Crippen molar-refractivity contribution in [3.05, 3.63) is 29.8 Å². The Morgan fingerprint density at radius 3 is 3.11 bits per heavy atom. The van der Waals surface area contributed by atoms with E-state index in [-0.39, 0.29) is 0 Å². The van der Waals surface area contributed by atoms with Gasteiger partial charge in [0.05, 0.1) is 0 Å².